The highest BCUT2D eigenvalue weighted by molar-refractivity contribution is 6.06. The van der Waals surface area contributed by atoms with E-state index in [9.17, 15) is 4.79 Å². The summed E-state index contributed by atoms with van der Waals surface area (Å²) in [5.74, 6) is 1.41. The molecule has 2 heterocycles. The summed E-state index contributed by atoms with van der Waals surface area (Å²) in [6.45, 7) is 0.202. The molecule has 5 nitrogen and oxygen atoms in total. The zero-order valence-corrected chi connectivity index (χ0v) is 8.27. The van der Waals surface area contributed by atoms with E-state index in [1.807, 2.05) is 0 Å². The van der Waals surface area contributed by atoms with Crippen LogP contribution in [-0.4, -0.2) is 22.5 Å². The van der Waals surface area contributed by atoms with Crippen molar-refractivity contribution in [1.29, 1.82) is 0 Å². The number of imidazole rings is 1. The van der Waals surface area contributed by atoms with Crippen LogP contribution in [0.3, 0.4) is 0 Å². The minimum absolute atomic E-state index is 0.164. The number of nitrogens with zero attached hydrogens (tertiary/aromatic N) is 1. The van der Waals surface area contributed by atoms with E-state index in [-0.39, 0.29) is 12.6 Å². The topological polar surface area (TPSA) is 64.2 Å². The molecule has 0 bridgehead atoms. The van der Waals surface area contributed by atoms with E-state index in [0.29, 0.717) is 22.9 Å². The molecule has 0 saturated heterocycles. The quantitative estimate of drug-likeness (QED) is 0.770. The molecule has 3 rings (SSSR count). The number of hydrogen-bond donors (Lipinski definition) is 1. The number of rotatable bonds is 2. The van der Waals surface area contributed by atoms with Gasteiger partial charge in [0.2, 0.25) is 12.6 Å². The van der Waals surface area contributed by atoms with Crippen LogP contribution in [0.4, 0.5) is 0 Å². The molecule has 5 heteroatoms. The number of carbonyl (C=O) groups is 1. The average Bonchev–Trinajstić information content (AvgIpc) is 2.98. The van der Waals surface area contributed by atoms with Crippen LogP contribution in [0.2, 0.25) is 0 Å². The van der Waals surface area contributed by atoms with Gasteiger partial charge in [-0.3, -0.25) is 4.79 Å². The highest BCUT2D eigenvalue weighted by Gasteiger charge is 2.17. The Kier molecular flexibility index (Phi) is 1.89. The number of aromatic amines is 1. The maximum Gasteiger partial charge on any atom is 0.231 e. The lowest BCUT2D eigenvalue weighted by Gasteiger charge is -1.99. The zero-order chi connectivity index (χ0) is 11.0. The molecule has 1 aromatic heterocycles. The summed E-state index contributed by atoms with van der Waals surface area (Å²) < 4.78 is 10.4. The minimum atomic E-state index is -0.164. The Hall–Kier alpha value is -2.30. The van der Waals surface area contributed by atoms with E-state index in [1.165, 1.54) is 0 Å². The molecular weight excluding hydrogens is 208 g/mol. The van der Waals surface area contributed by atoms with Gasteiger partial charge in [0.25, 0.3) is 0 Å². The van der Waals surface area contributed by atoms with Crippen molar-refractivity contribution in [2.75, 3.05) is 6.79 Å². The molecule has 16 heavy (non-hydrogen) atoms. The summed E-state index contributed by atoms with van der Waals surface area (Å²) in [7, 11) is 0. The van der Waals surface area contributed by atoms with Gasteiger partial charge in [0, 0.05) is 18.0 Å². The zero-order valence-electron chi connectivity index (χ0n) is 8.27. The summed E-state index contributed by atoms with van der Waals surface area (Å²) in [5, 5.41) is 0. The van der Waals surface area contributed by atoms with E-state index in [2.05, 4.69) is 9.97 Å². The Morgan fingerprint density at radius 1 is 1.31 bits per heavy atom. The molecule has 1 aromatic carbocycles. The van der Waals surface area contributed by atoms with E-state index >= 15 is 0 Å². The number of fused-ring (bicyclic) bond motifs is 1. The summed E-state index contributed by atoms with van der Waals surface area (Å²) in [6.07, 6.45) is 3.15. The third-order valence-corrected chi connectivity index (χ3v) is 2.35. The second-order valence-corrected chi connectivity index (χ2v) is 3.33. The number of ketones is 1. The first-order valence-corrected chi connectivity index (χ1v) is 4.78. The van der Waals surface area contributed by atoms with Crippen molar-refractivity contribution in [1.82, 2.24) is 9.97 Å². The normalized spacial score (nSPS) is 12.8. The summed E-state index contributed by atoms with van der Waals surface area (Å²) in [5.41, 5.74) is 0.527. The molecule has 1 N–H and O–H groups in total. The van der Waals surface area contributed by atoms with Gasteiger partial charge in [-0.25, -0.2) is 4.98 Å². The summed E-state index contributed by atoms with van der Waals surface area (Å²) in [4.78, 5) is 18.6. The fraction of sp³-hybridized carbons (Fsp3) is 0.0909. The Balaban J connectivity index is 1.99. The van der Waals surface area contributed by atoms with Gasteiger partial charge >= 0.3 is 0 Å². The van der Waals surface area contributed by atoms with E-state index in [0.717, 1.165) is 0 Å². The molecule has 2 aromatic rings. The SMILES string of the molecule is O=C(c1ccc2c(c1)OCO2)c1ncc[nH]1. The van der Waals surface area contributed by atoms with Gasteiger partial charge in [0.15, 0.2) is 17.3 Å². The van der Waals surface area contributed by atoms with Crippen molar-refractivity contribution >= 4 is 5.78 Å². The average molecular weight is 216 g/mol. The van der Waals surface area contributed by atoms with Crippen LogP contribution >= 0.6 is 0 Å². The molecule has 1 aliphatic heterocycles. The van der Waals surface area contributed by atoms with Crippen LogP contribution in [0, 0.1) is 0 Å². The summed E-state index contributed by atoms with van der Waals surface area (Å²) >= 11 is 0. The molecule has 0 unspecified atom stereocenters. The number of ether oxygens (including phenoxy) is 2. The monoisotopic (exact) mass is 216 g/mol. The van der Waals surface area contributed by atoms with Crippen LogP contribution in [0.25, 0.3) is 0 Å². The molecular formula is C11H8N2O3. The second-order valence-electron chi connectivity index (χ2n) is 3.33. The maximum atomic E-state index is 11.9. The van der Waals surface area contributed by atoms with Gasteiger partial charge in [-0.05, 0) is 18.2 Å². The Bertz CT molecular complexity index is 534. The number of nitrogens with one attached hydrogen (secondary N) is 1. The molecule has 0 atom stereocenters. The second kappa shape index (κ2) is 3.37. The van der Waals surface area contributed by atoms with Gasteiger partial charge < -0.3 is 14.5 Å². The lowest BCUT2D eigenvalue weighted by molar-refractivity contribution is 0.103. The Morgan fingerprint density at radius 2 is 2.19 bits per heavy atom. The van der Waals surface area contributed by atoms with Crippen molar-refractivity contribution in [2.24, 2.45) is 0 Å². The van der Waals surface area contributed by atoms with Crippen molar-refractivity contribution in [2.45, 2.75) is 0 Å². The third-order valence-electron chi connectivity index (χ3n) is 2.35. The van der Waals surface area contributed by atoms with Gasteiger partial charge in [-0.2, -0.15) is 0 Å². The van der Waals surface area contributed by atoms with E-state index in [4.69, 9.17) is 9.47 Å². The Morgan fingerprint density at radius 3 is 3.00 bits per heavy atom. The first kappa shape index (κ1) is 8.96. The molecule has 80 valence electrons. The van der Waals surface area contributed by atoms with Crippen LogP contribution in [-0.2, 0) is 0 Å². The number of hydrogen-bond acceptors (Lipinski definition) is 4. The fourth-order valence-electron chi connectivity index (χ4n) is 1.56. The lowest BCUT2D eigenvalue weighted by atomic mass is 10.1. The van der Waals surface area contributed by atoms with E-state index in [1.54, 1.807) is 30.6 Å². The number of benzene rings is 1. The number of H-pyrrole nitrogens is 1. The third kappa shape index (κ3) is 1.33. The van der Waals surface area contributed by atoms with Gasteiger partial charge in [-0.1, -0.05) is 0 Å². The smallest absolute Gasteiger partial charge is 0.231 e. The minimum Gasteiger partial charge on any atom is -0.454 e. The van der Waals surface area contributed by atoms with Gasteiger partial charge in [-0.15, -0.1) is 0 Å². The van der Waals surface area contributed by atoms with Gasteiger partial charge in [0.1, 0.15) is 0 Å². The maximum absolute atomic E-state index is 11.9. The standard InChI is InChI=1S/C11H8N2O3/c14-10(11-12-3-4-13-11)7-1-2-8-9(5-7)16-6-15-8/h1-5H,6H2,(H,12,13). The fourth-order valence-corrected chi connectivity index (χ4v) is 1.56. The first-order valence-electron chi connectivity index (χ1n) is 4.78. The van der Waals surface area contributed by atoms with Gasteiger partial charge in [0.05, 0.1) is 0 Å². The number of carbonyl (C=O) groups excluding carboxylic acids is 1. The van der Waals surface area contributed by atoms with E-state index < -0.39 is 0 Å². The van der Waals surface area contributed by atoms with Crippen molar-refractivity contribution in [3.05, 3.63) is 42.0 Å². The predicted octanol–water partition coefficient (Wildman–Crippen LogP) is 1.37. The predicted molar refractivity (Wildman–Crippen MR) is 54.6 cm³/mol. The molecule has 0 saturated carbocycles. The molecule has 0 radical (unpaired) electrons. The molecule has 1 aliphatic rings. The molecule has 0 aliphatic carbocycles. The van der Waals surface area contributed by atoms with Crippen LogP contribution in [0.15, 0.2) is 30.6 Å². The summed E-state index contributed by atoms with van der Waals surface area (Å²) in [6, 6.07) is 5.07. The number of aromatic nitrogens is 2. The highest BCUT2D eigenvalue weighted by atomic mass is 16.7. The highest BCUT2D eigenvalue weighted by Crippen LogP contribution is 2.32. The van der Waals surface area contributed by atoms with Crippen molar-refractivity contribution < 1.29 is 14.3 Å². The first-order chi connectivity index (χ1) is 7.84. The van der Waals surface area contributed by atoms with Crippen LogP contribution in [0.5, 0.6) is 11.5 Å². The van der Waals surface area contributed by atoms with Crippen LogP contribution in [0.1, 0.15) is 16.2 Å². The van der Waals surface area contributed by atoms with Crippen LogP contribution < -0.4 is 9.47 Å². The van der Waals surface area contributed by atoms with Crippen molar-refractivity contribution in [3.8, 4) is 11.5 Å². The molecule has 0 amide bonds. The lowest BCUT2D eigenvalue weighted by Crippen LogP contribution is -2.03. The molecule has 0 fully saturated rings. The largest absolute Gasteiger partial charge is 0.454 e. The van der Waals surface area contributed by atoms with Crippen molar-refractivity contribution in [3.63, 3.8) is 0 Å². The molecule has 0 spiro atoms. The Labute approximate surface area is 91.0 Å².